The summed E-state index contributed by atoms with van der Waals surface area (Å²) in [6, 6.07) is 0. The van der Waals surface area contributed by atoms with Crippen LogP contribution in [0.15, 0.2) is 0 Å². The minimum absolute atomic E-state index is 0. The Labute approximate surface area is 66.7 Å². The van der Waals surface area contributed by atoms with Crippen molar-refractivity contribution in [2.75, 3.05) is 0 Å². The maximum absolute atomic E-state index is 0. The van der Waals surface area contributed by atoms with Crippen LogP contribution >= 0.6 is 0 Å². The number of hydrogen-bond acceptors (Lipinski definition) is 0. The van der Waals surface area contributed by atoms with E-state index in [9.17, 15) is 0 Å². The second-order valence-electron chi connectivity index (χ2n) is 0. The van der Waals surface area contributed by atoms with E-state index in [1.54, 1.807) is 0 Å². The zero-order chi connectivity index (χ0) is 0. The van der Waals surface area contributed by atoms with Crippen LogP contribution in [-0.4, -0.2) is 0 Å². The minimum Gasteiger partial charge on any atom is -0.693 e. The second-order valence-corrected chi connectivity index (χ2v) is 0. The Morgan fingerprint density at radius 2 is 0.500 bits per heavy atom. The first kappa shape index (κ1) is 188. The van der Waals surface area contributed by atoms with E-state index in [0.717, 1.165) is 0 Å². The summed E-state index contributed by atoms with van der Waals surface area (Å²) in [5.74, 6) is 0. The van der Waals surface area contributed by atoms with Gasteiger partial charge in [0.25, 0.3) is 0 Å². The summed E-state index contributed by atoms with van der Waals surface area (Å²) in [5.41, 5.74) is 0. The van der Waals surface area contributed by atoms with Crippen LogP contribution in [-0.2, 0) is 42.1 Å². The number of rotatable bonds is 0. The van der Waals surface area contributed by atoms with Crippen molar-refractivity contribution in [1.29, 1.82) is 0 Å². The van der Waals surface area contributed by atoms with Gasteiger partial charge >= 0.3 is 21.1 Å². The summed E-state index contributed by atoms with van der Waals surface area (Å²) in [4.78, 5) is 0. The fraction of sp³-hybridized carbons (Fsp3) is 0. The Balaban J connectivity index is 0. The molecule has 0 aromatic carbocycles. The smallest absolute Gasteiger partial charge is 0.693 e. The Morgan fingerprint density at radius 1 is 0.500 bits per heavy atom. The Kier molecular flexibility index (Phi) is 3590. The van der Waals surface area contributed by atoms with Crippen molar-refractivity contribution in [2.24, 2.45) is 0 Å². The van der Waals surface area contributed by atoms with Crippen LogP contribution in [0.25, 0.3) is 24.6 Å². The third-order valence-electron chi connectivity index (χ3n) is 0. The van der Waals surface area contributed by atoms with Crippen molar-refractivity contribution in [3.05, 3.63) is 24.6 Å². The zero-order valence-corrected chi connectivity index (χ0v) is 7.49. The molecule has 0 rings (SSSR count). The summed E-state index contributed by atoms with van der Waals surface area (Å²) in [7, 11) is 0. The molecule has 0 fully saturated rings. The van der Waals surface area contributed by atoms with Crippen molar-refractivity contribution in [3.63, 3.8) is 0 Å². The molecule has 6 heavy (non-hydrogen) atoms. The molecule has 6 heteroatoms. The standard InChI is InChI=1S/4H2N.2Pt/h4*1H2;;/q4*-1;;+4. The average Bonchev–Trinajstić information content (AvgIpc) is 0. The molecule has 0 radical (unpaired) electrons. The van der Waals surface area contributed by atoms with Crippen molar-refractivity contribution < 1.29 is 42.1 Å². The van der Waals surface area contributed by atoms with Gasteiger partial charge < -0.3 is 24.6 Å². The molecule has 0 bridgehead atoms. The molecule has 0 spiro atoms. The Morgan fingerprint density at radius 3 is 0.500 bits per heavy atom. The van der Waals surface area contributed by atoms with Crippen LogP contribution in [0.1, 0.15) is 0 Å². The monoisotopic (exact) mass is 454 g/mol. The van der Waals surface area contributed by atoms with Gasteiger partial charge in [0.15, 0.2) is 0 Å². The van der Waals surface area contributed by atoms with Crippen molar-refractivity contribution in [2.45, 2.75) is 0 Å². The molecule has 0 aromatic heterocycles. The summed E-state index contributed by atoms with van der Waals surface area (Å²) >= 11 is 0. The van der Waals surface area contributed by atoms with Gasteiger partial charge in [0, 0.05) is 21.1 Å². The molecule has 0 unspecified atom stereocenters. The molecule has 48 valence electrons. The molecule has 0 atom stereocenters. The van der Waals surface area contributed by atoms with Gasteiger partial charge in [0.1, 0.15) is 0 Å². The van der Waals surface area contributed by atoms with Crippen LogP contribution < -0.4 is 0 Å². The summed E-state index contributed by atoms with van der Waals surface area (Å²) in [6.45, 7) is 0. The van der Waals surface area contributed by atoms with Gasteiger partial charge in [0.2, 0.25) is 0 Å². The van der Waals surface area contributed by atoms with Crippen molar-refractivity contribution in [1.82, 2.24) is 0 Å². The third kappa shape index (κ3) is 62.7. The third-order valence-corrected chi connectivity index (χ3v) is 0. The Bertz CT molecular complexity index is 5.51. The van der Waals surface area contributed by atoms with E-state index in [1.165, 1.54) is 0 Å². The predicted molar refractivity (Wildman–Crippen MR) is 21.1 cm³/mol. The molecule has 0 aliphatic heterocycles. The van der Waals surface area contributed by atoms with Gasteiger partial charge in [-0.2, -0.15) is 0 Å². The van der Waals surface area contributed by atoms with Crippen LogP contribution in [0.4, 0.5) is 0 Å². The Hall–Kier alpha value is 1.22. The first-order chi connectivity index (χ1) is 0. The average molecular weight is 454 g/mol. The predicted octanol–water partition coefficient (Wildman–Crippen LogP) is 2.86. The fourth-order valence-corrected chi connectivity index (χ4v) is 0. The van der Waals surface area contributed by atoms with Crippen molar-refractivity contribution in [3.8, 4) is 0 Å². The molecule has 8 N–H and O–H groups in total. The van der Waals surface area contributed by atoms with Gasteiger partial charge in [-0.05, 0) is 0 Å². The first-order valence-electron chi connectivity index (χ1n) is 0. The fourth-order valence-electron chi connectivity index (χ4n) is 0. The molecule has 0 saturated heterocycles. The van der Waals surface area contributed by atoms with E-state index in [-0.39, 0.29) is 66.7 Å². The summed E-state index contributed by atoms with van der Waals surface area (Å²) in [5, 5.41) is 0. The summed E-state index contributed by atoms with van der Waals surface area (Å²) in [6.07, 6.45) is 0. The quantitative estimate of drug-likeness (QED) is 0.532. The van der Waals surface area contributed by atoms with Gasteiger partial charge in [-0.25, -0.2) is 0 Å². The minimum atomic E-state index is 0. The van der Waals surface area contributed by atoms with Crippen LogP contribution in [0.3, 0.4) is 0 Å². The molecule has 0 aromatic rings. The van der Waals surface area contributed by atoms with E-state index in [1.807, 2.05) is 0 Å². The maximum Gasteiger partial charge on any atom is 4.00 e. The normalized spacial score (nSPS) is 0. The van der Waals surface area contributed by atoms with E-state index in [4.69, 9.17) is 0 Å². The molecular formula is H8N4Pt2. The molecule has 4 nitrogen and oxygen atoms in total. The van der Waals surface area contributed by atoms with E-state index in [0.29, 0.717) is 0 Å². The maximum atomic E-state index is 0. The topological polar surface area (TPSA) is 134 Å². The van der Waals surface area contributed by atoms with Crippen LogP contribution in [0.2, 0.25) is 0 Å². The molecule has 0 aliphatic rings. The van der Waals surface area contributed by atoms with Gasteiger partial charge in [0.05, 0.1) is 0 Å². The summed E-state index contributed by atoms with van der Waals surface area (Å²) < 4.78 is 0. The molecule has 0 aliphatic carbocycles. The molecular weight excluding hydrogens is 446 g/mol. The van der Waals surface area contributed by atoms with Gasteiger partial charge in [-0.3, -0.25) is 0 Å². The van der Waals surface area contributed by atoms with E-state index < -0.39 is 0 Å². The molecule has 0 saturated carbocycles. The van der Waals surface area contributed by atoms with Gasteiger partial charge in [-0.15, -0.1) is 0 Å². The first-order valence-corrected chi connectivity index (χ1v) is 0. The van der Waals surface area contributed by atoms with Crippen LogP contribution in [0, 0.1) is 0 Å². The largest absolute Gasteiger partial charge is 4.00 e. The van der Waals surface area contributed by atoms with E-state index in [2.05, 4.69) is 0 Å². The zero-order valence-electron chi connectivity index (χ0n) is 2.94. The van der Waals surface area contributed by atoms with Crippen molar-refractivity contribution >= 4 is 0 Å². The molecule has 0 heterocycles. The second kappa shape index (κ2) is 114. The van der Waals surface area contributed by atoms with Gasteiger partial charge in [-0.1, -0.05) is 0 Å². The number of nitrogens with two attached hydrogens (primary N) is 4. The molecule has 0 amide bonds. The van der Waals surface area contributed by atoms with E-state index >= 15 is 0 Å². The van der Waals surface area contributed by atoms with Crippen LogP contribution in [0.5, 0.6) is 0 Å². The number of hydrogen-bond donors (Lipinski definition) is 0. The SMILES string of the molecule is [NH2-].[NH2-].[NH2-].[NH2-].[Pt+4].[Pt].